The third kappa shape index (κ3) is 3.82. The molecule has 1 aromatic rings. The van der Waals surface area contributed by atoms with E-state index < -0.39 is 0 Å². The minimum Gasteiger partial charge on any atom is -0.359 e. The monoisotopic (exact) mass is 249 g/mol. The summed E-state index contributed by atoms with van der Waals surface area (Å²) in [7, 11) is 3.66. The van der Waals surface area contributed by atoms with Gasteiger partial charge < -0.3 is 11.1 Å². The van der Waals surface area contributed by atoms with E-state index in [1.807, 2.05) is 19.2 Å². The van der Waals surface area contributed by atoms with Crippen LogP contribution in [0.3, 0.4) is 0 Å². The van der Waals surface area contributed by atoms with Crippen LogP contribution in [0, 0.1) is 6.92 Å². The van der Waals surface area contributed by atoms with Crippen LogP contribution in [-0.2, 0) is 4.79 Å². The standard InChI is InChI=1S/C14H23N3O/c1-11-6-4-5-7-12(11)13(10-15)17(3)9-8-14(18)16-2/h4-7,13H,8-10,15H2,1-3H3,(H,16,18). The number of aryl methyl sites for hydroxylation is 1. The molecule has 1 amide bonds. The normalized spacial score (nSPS) is 12.5. The summed E-state index contributed by atoms with van der Waals surface area (Å²) < 4.78 is 0. The highest BCUT2D eigenvalue weighted by Gasteiger charge is 2.17. The zero-order valence-corrected chi connectivity index (χ0v) is 11.4. The minimum atomic E-state index is 0.0578. The first-order chi connectivity index (χ1) is 8.60. The Morgan fingerprint density at radius 1 is 1.44 bits per heavy atom. The second-order valence-corrected chi connectivity index (χ2v) is 4.51. The predicted octanol–water partition coefficient (Wildman–Crippen LogP) is 1.06. The molecule has 0 aromatic heterocycles. The molecule has 1 atom stereocenters. The van der Waals surface area contributed by atoms with Crippen LogP contribution in [0.25, 0.3) is 0 Å². The van der Waals surface area contributed by atoms with E-state index in [9.17, 15) is 4.79 Å². The summed E-state index contributed by atoms with van der Waals surface area (Å²) in [6.07, 6.45) is 0.495. The number of carbonyl (C=O) groups is 1. The maximum atomic E-state index is 11.3. The van der Waals surface area contributed by atoms with Crippen molar-refractivity contribution in [3.8, 4) is 0 Å². The molecule has 0 bridgehead atoms. The minimum absolute atomic E-state index is 0.0578. The number of likely N-dealkylation sites (N-methyl/N-ethyl adjacent to an activating group) is 1. The molecule has 0 aliphatic rings. The van der Waals surface area contributed by atoms with E-state index in [-0.39, 0.29) is 11.9 Å². The fraction of sp³-hybridized carbons (Fsp3) is 0.500. The molecule has 18 heavy (non-hydrogen) atoms. The van der Waals surface area contributed by atoms with Crippen molar-refractivity contribution in [1.82, 2.24) is 10.2 Å². The lowest BCUT2D eigenvalue weighted by molar-refractivity contribution is -0.120. The van der Waals surface area contributed by atoms with Crippen molar-refractivity contribution in [2.75, 3.05) is 27.2 Å². The Hall–Kier alpha value is -1.39. The lowest BCUT2D eigenvalue weighted by Crippen LogP contribution is -2.34. The first kappa shape index (κ1) is 14.7. The molecule has 1 aromatic carbocycles. The van der Waals surface area contributed by atoms with Crippen LogP contribution in [0.2, 0.25) is 0 Å². The third-order valence-corrected chi connectivity index (χ3v) is 3.27. The number of hydrogen-bond acceptors (Lipinski definition) is 3. The number of amides is 1. The highest BCUT2D eigenvalue weighted by Crippen LogP contribution is 2.21. The molecule has 0 saturated heterocycles. The molecular formula is C14H23N3O. The van der Waals surface area contributed by atoms with E-state index in [1.165, 1.54) is 11.1 Å². The maximum Gasteiger partial charge on any atom is 0.221 e. The van der Waals surface area contributed by atoms with Crippen molar-refractivity contribution in [2.24, 2.45) is 5.73 Å². The Bertz CT molecular complexity index is 392. The van der Waals surface area contributed by atoms with Gasteiger partial charge in [-0.15, -0.1) is 0 Å². The van der Waals surface area contributed by atoms with Gasteiger partial charge in [0, 0.05) is 32.6 Å². The van der Waals surface area contributed by atoms with E-state index in [0.717, 1.165) is 0 Å². The topological polar surface area (TPSA) is 58.4 Å². The molecule has 0 heterocycles. The summed E-state index contributed by atoms with van der Waals surface area (Å²) in [6.45, 7) is 3.34. The number of carbonyl (C=O) groups excluding carboxylic acids is 1. The Morgan fingerprint density at radius 3 is 2.67 bits per heavy atom. The lowest BCUT2D eigenvalue weighted by atomic mass is 10.00. The van der Waals surface area contributed by atoms with Crippen LogP contribution in [0.5, 0.6) is 0 Å². The van der Waals surface area contributed by atoms with Crippen molar-refractivity contribution in [3.05, 3.63) is 35.4 Å². The Labute approximate surface area is 109 Å². The van der Waals surface area contributed by atoms with Gasteiger partial charge in [-0.1, -0.05) is 24.3 Å². The van der Waals surface area contributed by atoms with Crippen LogP contribution in [0.4, 0.5) is 0 Å². The van der Waals surface area contributed by atoms with E-state index in [1.54, 1.807) is 7.05 Å². The van der Waals surface area contributed by atoms with Gasteiger partial charge in [0.25, 0.3) is 0 Å². The summed E-state index contributed by atoms with van der Waals surface area (Å²) >= 11 is 0. The van der Waals surface area contributed by atoms with E-state index in [4.69, 9.17) is 5.73 Å². The number of benzene rings is 1. The molecule has 0 saturated carbocycles. The molecule has 100 valence electrons. The van der Waals surface area contributed by atoms with Gasteiger partial charge in [-0.25, -0.2) is 0 Å². The molecule has 1 rings (SSSR count). The highest BCUT2D eigenvalue weighted by atomic mass is 16.1. The molecule has 0 radical (unpaired) electrons. The summed E-state index contributed by atoms with van der Waals surface area (Å²) in [5.41, 5.74) is 8.34. The Kier molecular flexibility index (Phi) is 5.82. The van der Waals surface area contributed by atoms with Crippen molar-refractivity contribution in [3.63, 3.8) is 0 Å². The molecule has 0 fully saturated rings. The van der Waals surface area contributed by atoms with Crippen molar-refractivity contribution < 1.29 is 4.79 Å². The summed E-state index contributed by atoms with van der Waals surface area (Å²) in [5.74, 6) is 0.0578. The van der Waals surface area contributed by atoms with E-state index in [0.29, 0.717) is 19.5 Å². The van der Waals surface area contributed by atoms with Gasteiger partial charge in [-0.2, -0.15) is 0 Å². The predicted molar refractivity (Wildman–Crippen MR) is 74.3 cm³/mol. The maximum absolute atomic E-state index is 11.3. The van der Waals surface area contributed by atoms with Gasteiger partial charge in [-0.3, -0.25) is 9.69 Å². The highest BCUT2D eigenvalue weighted by molar-refractivity contribution is 5.75. The first-order valence-electron chi connectivity index (χ1n) is 6.26. The van der Waals surface area contributed by atoms with Gasteiger partial charge in [0.2, 0.25) is 5.91 Å². The quantitative estimate of drug-likeness (QED) is 0.792. The van der Waals surface area contributed by atoms with Crippen LogP contribution in [-0.4, -0.2) is 38.0 Å². The van der Waals surface area contributed by atoms with E-state index >= 15 is 0 Å². The SMILES string of the molecule is CNC(=O)CCN(C)C(CN)c1ccccc1C. The number of hydrogen-bond donors (Lipinski definition) is 2. The zero-order chi connectivity index (χ0) is 13.5. The molecule has 4 nitrogen and oxygen atoms in total. The lowest BCUT2D eigenvalue weighted by Gasteiger charge is -2.28. The van der Waals surface area contributed by atoms with Crippen molar-refractivity contribution >= 4 is 5.91 Å². The average molecular weight is 249 g/mol. The Balaban J connectivity index is 2.71. The Morgan fingerprint density at radius 2 is 2.11 bits per heavy atom. The fourth-order valence-electron chi connectivity index (χ4n) is 2.06. The third-order valence-electron chi connectivity index (χ3n) is 3.27. The van der Waals surface area contributed by atoms with Gasteiger partial charge in [0.15, 0.2) is 0 Å². The van der Waals surface area contributed by atoms with Gasteiger partial charge in [-0.05, 0) is 25.1 Å². The number of rotatable bonds is 6. The number of nitrogens with one attached hydrogen (secondary N) is 1. The van der Waals surface area contributed by atoms with Gasteiger partial charge in [0.05, 0.1) is 0 Å². The van der Waals surface area contributed by atoms with Crippen LogP contribution < -0.4 is 11.1 Å². The van der Waals surface area contributed by atoms with Crippen molar-refractivity contribution in [2.45, 2.75) is 19.4 Å². The summed E-state index contributed by atoms with van der Waals surface area (Å²) in [4.78, 5) is 13.4. The largest absolute Gasteiger partial charge is 0.359 e. The molecule has 1 unspecified atom stereocenters. The average Bonchev–Trinajstić information content (AvgIpc) is 2.39. The molecule has 0 aliphatic heterocycles. The van der Waals surface area contributed by atoms with Crippen molar-refractivity contribution in [1.29, 1.82) is 0 Å². The number of nitrogens with two attached hydrogens (primary N) is 1. The molecule has 0 spiro atoms. The second-order valence-electron chi connectivity index (χ2n) is 4.51. The molecule has 0 aliphatic carbocycles. The second kappa shape index (κ2) is 7.13. The van der Waals surface area contributed by atoms with E-state index in [2.05, 4.69) is 29.3 Å². The fourth-order valence-corrected chi connectivity index (χ4v) is 2.06. The van der Waals surface area contributed by atoms with Crippen LogP contribution >= 0.6 is 0 Å². The van der Waals surface area contributed by atoms with Gasteiger partial charge >= 0.3 is 0 Å². The summed E-state index contributed by atoms with van der Waals surface area (Å²) in [6, 6.07) is 8.40. The van der Waals surface area contributed by atoms with Gasteiger partial charge in [0.1, 0.15) is 0 Å². The van der Waals surface area contributed by atoms with Crippen LogP contribution in [0.15, 0.2) is 24.3 Å². The van der Waals surface area contributed by atoms with Crippen LogP contribution in [0.1, 0.15) is 23.6 Å². The smallest absolute Gasteiger partial charge is 0.221 e. The number of nitrogens with zero attached hydrogens (tertiary/aromatic N) is 1. The molecule has 3 N–H and O–H groups in total. The molecule has 4 heteroatoms. The summed E-state index contributed by atoms with van der Waals surface area (Å²) in [5, 5.41) is 2.63. The molecular weight excluding hydrogens is 226 g/mol. The zero-order valence-electron chi connectivity index (χ0n) is 11.4. The first-order valence-corrected chi connectivity index (χ1v) is 6.26.